The number of esters is 3. The number of carbonyl (C=O) groups is 3. The van der Waals surface area contributed by atoms with Gasteiger partial charge in [-0.05, 0) is 135 Å². The van der Waals surface area contributed by atoms with Crippen LogP contribution in [-0.2, 0) is 28.6 Å². The lowest BCUT2D eigenvalue weighted by atomic mass is 10.1. The first kappa shape index (κ1) is 68.3. The molecule has 0 N–H and O–H groups in total. The van der Waals surface area contributed by atoms with Crippen LogP contribution in [-0.4, -0.2) is 37.2 Å². The van der Waals surface area contributed by atoms with Gasteiger partial charge in [0.25, 0.3) is 0 Å². The summed E-state index contributed by atoms with van der Waals surface area (Å²) in [6.07, 6.45) is 85.5. The largest absolute Gasteiger partial charge is 0.462 e. The van der Waals surface area contributed by atoms with Crippen LogP contribution in [0.2, 0.25) is 0 Å². The van der Waals surface area contributed by atoms with Crippen LogP contribution in [0.5, 0.6) is 0 Å². The summed E-state index contributed by atoms with van der Waals surface area (Å²) in [5.41, 5.74) is 0. The molecule has 0 amide bonds. The van der Waals surface area contributed by atoms with E-state index >= 15 is 0 Å². The van der Waals surface area contributed by atoms with Crippen LogP contribution in [0.25, 0.3) is 0 Å². The molecule has 1 unspecified atom stereocenters. The van der Waals surface area contributed by atoms with Crippen LogP contribution in [0.15, 0.2) is 146 Å². The minimum atomic E-state index is -0.827. The first-order chi connectivity index (χ1) is 36.0. The second kappa shape index (κ2) is 59.8. The molecule has 0 heterocycles. The van der Waals surface area contributed by atoms with Crippen molar-refractivity contribution in [1.82, 2.24) is 0 Å². The van der Waals surface area contributed by atoms with Crippen LogP contribution in [0, 0.1) is 0 Å². The van der Waals surface area contributed by atoms with Crippen molar-refractivity contribution >= 4 is 17.9 Å². The van der Waals surface area contributed by atoms with Gasteiger partial charge in [-0.3, -0.25) is 14.4 Å². The molecule has 0 saturated carbocycles. The topological polar surface area (TPSA) is 78.9 Å². The average molecular weight is 1010 g/mol. The Hall–Kier alpha value is -4.71. The molecule has 0 aliphatic rings. The van der Waals surface area contributed by atoms with E-state index in [4.69, 9.17) is 14.2 Å². The smallest absolute Gasteiger partial charge is 0.306 e. The molecule has 1 atom stereocenters. The molecule has 0 saturated heterocycles. The molecule has 73 heavy (non-hydrogen) atoms. The van der Waals surface area contributed by atoms with Crippen LogP contribution in [0.3, 0.4) is 0 Å². The zero-order valence-electron chi connectivity index (χ0n) is 46.8. The zero-order valence-corrected chi connectivity index (χ0v) is 46.8. The fourth-order valence-corrected chi connectivity index (χ4v) is 7.47. The summed E-state index contributed by atoms with van der Waals surface area (Å²) in [6, 6.07) is 0. The van der Waals surface area contributed by atoms with Crippen molar-refractivity contribution < 1.29 is 28.6 Å². The quantitative estimate of drug-likeness (QED) is 0.0261. The van der Waals surface area contributed by atoms with E-state index in [0.717, 1.165) is 141 Å². The van der Waals surface area contributed by atoms with Gasteiger partial charge in [-0.1, -0.05) is 231 Å². The van der Waals surface area contributed by atoms with E-state index in [1.165, 1.54) is 51.4 Å². The lowest BCUT2D eigenvalue weighted by Crippen LogP contribution is -2.30. The number of rotatable bonds is 51. The molecular formula is C67H106O6. The molecule has 0 spiro atoms. The number of hydrogen-bond acceptors (Lipinski definition) is 6. The fourth-order valence-electron chi connectivity index (χ4n) is 7.47. The Labute approximate surface area is 448 Å². The summed E-state index contributed by atoms with van der Waals surface area (Å²) in [4.78, 5) is 38.2. The van der Waals surface area contributed by atoms with Crippen LogP contribution in [0.1, 0.15) is 239 Å². The van der Waals surface area contributed by atoms with E-state index < -0.39 is 6.10 Å². The van der Waals surface area contributed by atoms with Crippen molar-refractivity contribution in [2.75, 3.05) is 13.2 Å². The fraction of sp³-hybridized carbons (Fsp3) is 0.597. The Balaban J connectivity index is 4.54. The summed E-state index contributed by atoms with van der Waals surface area (Å²) >= 11 is 0. The highest BCUT2D eigenvalue weighted by atomic mass is 16.6. The van der Waals surface area contributed by atoms with Crippen LogP contribution >= 0.6 is 0 Å². The van der Waals surface area contributed by atoms with E-state index in [1.807, 2.05) is 0 Å². The van der Waals surface area contributed by atoms with Crippen molar-refractivity contribution in [3.8, 4) is 0 Å². The molecule has 0 rings (SSSR count). The minimum Gasteiger partial charge on any atom is -0.462 e. The number of allylic oxidation sites excluding steroid dienone is 24. The highest BCUT2D eigenvalue weighted by Crippen LogP contribution is 2.13. The van der Waals surface area contributed by atoms with E-state index in [-0.39, 0.29) is 37.5 Å². The summed E-state index contributed by atoms with van der Waals surface area (Å²) in [5, 5.41) is 0. The van der Waals surface area contributed by atoms with Gasteiger partial charge >= 0.3 is 17.9 Å². The number of ether oxygens (including phenoxy) is 3. The molecule has 6 nitrogen and oxygen atoms in total. The Morgan fingerprint density at radius 2 is 0.548 bits per heavy atom. The molecule has 0 aromatic rings. The van der Waals surface area contributed by atoms with Crippen molar-refractivity contribution in [2.24, 2.45) is 0 Å². The third-order valence-corrected chi connectivity index (χ3v) is 11.8. The first-order valence-corrected chi connectivity index (χ1v) is 29.3. The monoisotopic (exact) mass is 1010 g/mol. The van der Waals surface area contributed by atoms with Crippen molar-refractivity contribution in [3.63, 3.8) is 0 Å². The summed E-state index contributed by atoms with van der Waals surface area (Å²) in [5.74, 6) is -1.01. The summed E-state index contributed by atoms with van der Waals surface area (Å²) < 4.78 is 16.8. The van der Waals surface area contributed by atoms with E-state index in [0.29, 0.717) is 19.3 Å². The van der Waals surface area contributed by atoms with Crippen molar-refractivity contribution in [1.29, 1.82) is 0 Å². The van der Waals surface area contributed by atoms with E-state index in [1.54, 1.807) is 0 Å². The minimum absolute atomic E-state index is 0.117. The molecule has 0 fully saturated rings. The van der Waals surface area contributed by atoms with Gasteiger partial charge in [0.2, 0.25) is 0 Å². The number of hydrogen-bond donors (Lipinski definition) is 0. The summed E-state index contributed by atoms with van der Waals surface area (Å²) in [6.45, 7) is 6.31. The predicted octanol–water partition coefficient (Wildman–Crippen LogP) is 20.0. The Morgan fingerprint density at radius 1 is 0.288 bits per heavy atom. The van der Waals surface area contributed by atoms with Gasteiger partial charge in [0.1, 0.15) is 13.2 Å². The lowest BCUT2D eigenvalue weighted by Gasteiger charge is -2.18. The van der Waals surface area contributed by atoms with Gasteiger partial charge in [-0.25, -0.2) is 0 Å². The second-order valence-electron chi connectivity index (χ2n) is 18.8. The van der Waals surface area contributed by atoms with E-state index in [9.17, 15) is 14.4 Å². The molecule has 0 radical (unpaired) electrons. The zero-order chi connectivity index (χ0) is 52.9. The van der Waals surface area contributed by atoms with E-state index in [2.05, 4.69) is 167 Å². The van der Waals surface area contributed by atoms with Crippen molar-refractivity contribution in [3.05, 3.63) is 146 Å². The third kappa shape index (κ3) is 58.1. The van der Waals surface area contributed by atoms with Gasteiger partial charge in [-0.2, -0.15) is 0 Å². The third-order valence-electron chi connectivity index (χ3n) is 11.8. The Kier molecular flexibility index (Phi) is 56.0. The lowest BCUT2D eigenvalue weighted by molar-refractivity contribution is -0.167. The van der Waals surface area contributed by atoms with Gasteiger partial charge in [-0.15, -0.1) is 0 Å². The van der Waals surface area contributed by atoms with Gasteiger partial charge < -0.3 is 14.2 Å². The summed E-state index contributed by atoms with van der Waals surface area (Å²) in [7, 11) is 0. The standard InChI is InChI=1S/C67H106O6/c1-4-7-10-13-16-19-22-25-28-31-32-33-34-37-39-42-45-48-51-54-57-60-66(69)72-63-64(73-67(70)61-58-55-52-49-46-43-40-36-30-27-24-21-18-15-12-9-6-3)62-71-65(68)59-56-53-50-47-44-41-38-35-29-26-23-20-17-14-11-8-5-2/h7,9-10,12,16-21,25-30,32-33,37,39-40,43,49,52,64H,4-6,8,11,13-15,22-24,31,34-36,38,41-42,44-48,50-51,53-63H2,1-3H3/b10-7-,12-9-,19-16-,20-17-,21-18-,28-25-,29-26-,30-27-,33-32-,39-37-,43-40-,52-49-. The molecular weight excluding hydrogens is 901 g/mol. The predicted molar refractivity (Wildman–Crippen MR) is 315 cm³/mol. The average Bonchev–Trinajstić information content (AvgIpc) is 3.39. The number of carbonyl (C=O) groups excluding carboxylic acids is 3. The molecule has 0 aromatic carbocycles. The normalized spacial score (nSPS) is 13.2. The maximum atomic E-state index is 12.9. The van der Waals surface area contributed by atoms with Gasteiger partial charge in [0.05, 0.1) is 0 Å². The molecule has 0 bridgehead atoms. The maximum absolute atomic E-state index is 12.9. The number of unbranched alkanes of at least 4 members (excludes halogenated alkanes) is 16. The highest BCUT2D eigenvalue weighted by molar-refractivity contribution is 5.71. The Morgan fingerprint density at radius 3 is 0.877 bits per heavy atom. The molecule has 410 valence electrons. The molecule has 0 aromatic heterocycles. The SMILES string of the molecule is CC/C=C\C/C=C\C/C=C\C/C=C\C/C=C\CCCCCCCC(=O)OCC(COC(=O)CCCCCCCCC/C=C\C/C=C\CCCCC)OC(=O)CCC/C=C\C/C=C\C/C=C\C/C=C\C/C=C\CC. The Bertz CT molecular complexity index is 1630. The maximum Gasteiger partial charge on any atom is 0.306 e. The second-order valence-corrected chi connectivity index (χ2v) is 18.8. The molecule has 0 aliphatic carbocycles. The van der Waals surface area contributed by atoms with Crippen molar-refractivity contribution in [2.45, 2.75) is 245 Å². The highest BCUT2D eigenvalue weighted by Gasteiger charge is 2.19. The molecule has 0 aliphatic heterocycles. The van der Waals surface area contributed by atoms with Gasteiger partial charge in [0.15, 0.2) is 6.10 Å². The van der Waals surface area contributed by atoms with Gasteiger partial charge in [0, 0.05) is 19.3 Å². The van der Waals surface area contributed by atoms with Crippen LogP contribution in [0.4, 0.5) is 0 Å². The first-order valence-electron chi connectivity index (χ1n) is 29.3. The van der Waals surface area contributed by atoms with Crippen LogP contribution < -0.4 is 0 Å². The molecule has 6 heteroatoms.